The molecule has 0 aromatic rings. The van der Waals surface area contributed by atoms with Crippen LogP contribution in [0.3, 0.4) is 0 Å². The molecule has 0 bridgehead atoms. The van der Waals surface area contributed by atoms with Crippen LogP contribution < -0.4 is 21.3 Å². The third kappa shape index (κ3) is 19.7. The number of carbonyl (C=O) groups is 11. The van der Waals surface area contributed by atoms with Crippen molar-refractivity contribution < 1.29 is 57.5 Å². The summed E-state index contributed by atoms with van der Waals surface area (Å²) < 4.78 is 5.95. The van der Waals surface area contributed by atoms with Gasteiger partial charge in [0.15, 0.2) is 0 Å². The van der Waals surface area contributed by atoms with Gasteiger partial charge in [-0.15, -0.1) is 6.58 Å². The Morgan fingerprint density at radius 1 is 0.532 bits per heavy atom. The van der Waals surface area contributed by atoms with Crippen LogP contribution in [0.4, 0.5) is 9.59 Å². The molecule has 0 aromatic carbocycles. The van der Waals surface area contributed by atoms with Gasteiger partial charge in [-0.3, -0.25) is 53.4 Å². The molecule has 1 aliphatic rings. The number of hydrogen-bond acceptors (Lipinski definition) is 12. The van der Waals surface area contributed by atoms with Gasteiger partial charge in [0, 0.05) is 55.8 Å². The molecule has 13 amide bonds. The normalized spacial score (nSPS) is 25.3. The van der Waals surface area contributed by atoms with E-state index in [2.05, 4.69) is 27.8 Å². The van der Waals surface area contributed by atoms with Crippen molar-refractivity contribution in [3.8, 4) is 0 Å². The molecule has 438 valence electrons. The predicted molar refractivity (Wildman–Crippen MR) is 292 cm³/mol. The summed E-state index contributed by atoms with van der Waals surface area (Å²) in [6.45, 7) is 27.2. The van der Waals surface area contributed by atoms with Crippen molar-refractivity contribution in [2.45, 2.75) is 177 Å². The first kappa shape index (κ1) is 68.9. The highest BCUT2D eigenvalue weighted by molar-refractivity contribution is 6.05. The molecule has 1 saturated heterocycles. The molecule has 77 heavy (non-hydrogen) atoms. The Balaban J connectivity index is 4.13. The fourth-order valence-corrected chi connectivity index (χ4v) is 9.00. The van der Waals surface area contributed by atoms with Crippen LogP contribution in [0.15, 0.2) is 12.7 Å². The van der Waals surface area contributed by atoms with E-state index >= 15 is 0 Å². The SMILES string of the molecule is C=CCOC(C)(C)C[C@H]1C(=O)N[C@H](C(C)C)C(=O)N(C)[C@H](CC(C)C)C(=O)N[C@H](C)C(=O)NC(C)C(=O)N(C)[C@@H](CC(C)C)C(=O)N(C)[C@@H](CC(C)C)C(=O)N(C)[C@@H](C(C)C)C(=O)N(C)C(=O)NC(=O)N(C)CC(=O)N1C. The molecule has 1 fully saturated rings. The van der Waals surface area contributed by atoms with Gasteiger partial charge in [-0.2, -0.15) is 0 Å². The van der Waals surface area contributed by atoms with Crippen LogP contribution in [-0.2, 0) is 47.9 Å². The van der Waals surface area contributed by atoms with Crippen molar-refractivity contribution in [1.29, 1.82) is 0 Å². The molecule has 1 aliphatic heterocycles. The van der Waals surface area contributed by atoms with Gasteiger partial charge < -0.3 is 50.1 Å². The molecule has 8 atom stereocenters. The fraction of sp³-hybridized carbons (Fsp3) is 0.759. The van der Waals surface area contributed by atoms with Gasteiger partial charge in [0.25, 0.3) is 5.91 Å². The van der Waals surface area contributed by atoms with E-state index in [0.29, 0.717) is 4.90 Å². The summed E-state index contributed by atoms with van der Waals surface area (Å²) in [5, 5.41) is 10.3. The maximum absolute atomic E-state index is 14.7. The summed E-state index contributed by atoms with van der Waals surface area (Å²) in [7, 11) is 9.35. The van der Waals surface area contributed by atoms with Gasteiger partial charge in [0.2, 0.25) is 47.3 Å². The molecule has 0 spiro atoms. The number of amides is 13. The van der Waals surface area contributed by atoms with Crippen molar-refractivity contribution in [2.24, 2.45) is 29.6 Å². The zero-order valence-corrected chi connectivity index (χ0v) is 50.1. The topological polar surface area (TPSA) is 268 Å². The molecule has 23 nitrogen and oxygen atoms in total. The monoisotopic (exact) mass is 1090 g/mol. The van der Waals surface area contributed by atoms with E-state index in [1.54, 1.807) is 41.5 Å². The van der Waals surface area contributed by atoms with Crippen LogP contribution >= 0.6 is 0 Å². The molecular weight excluding hydrogens is 995 g/mol. The zero-order valence-electron chi connectivity index (χ0n) is 50.1. The van der Waals surface area contributed by atoms with Gasteiger partial charge in [-0.25, -0.2) is 9.59 Å². The Morgan fingerprint density at radius 2 is 0.974 bits per heavy atom. The van der Waals surface area contributed by atoms with Crippen molar-refractivity contribution in [2.75, 3.05) is 62.5 Å². The van der Waals surface area contributed by atoms with E-state index < -0.39 is 138 Å². The van der Waals surface area contributed by atoms with Crippen molar-refractivity contribution in [3.63, 3.8) is 0 Å². The number of carbonyl (C=O) groups excluding carboxylic acids is 11. The molecule has 23 heteroatoms. The summed E-state index contributed by atoms with van der Waals surface area (Å²) in [5.41, 5.74) is -1.06. The second-order valence-electron chi connectivity index (χ2n) is 23.2. The number of ether oxygens (including phenoxy) is 1. The lowest BCUT2D eigenvalue weighted by Gasteiger charge is -2.39. The van der Waals surface area contributed by atoms with Crippen LogP contribution in [0.5, 0.6) is 0 Å². The average molecular weight is 1090 g/mol. The van der Waals surface area contributed by atoms with E-state index in [1.807, 2.05) is 41.5 Å². The fourth-order valence-electron chi connectivity index (χ4n) is 9.00. The first-order valence-corrected chi connectivity index (χ1v) is 26.7. The van der Waals surface area contributed by atoms with Crippen molar-refractivity contribution in [3.05, 3.63) is 12.7 Å². The summed E-state index contributed by atoms with van der Waals surface area (Å²) >= 11 is 0. The number of nitrogens with zero attached hydrogens (tertiary/aromatic N) is 7. The smallest absolute Gasteiger partial charge is 0.331 e. The minimum absolute atomic E-state index is 0.0965. The summed E-state index contributed by atoms with van der Waals surface area (Å²) in [4.78, 5) is 164. The van der Waals surface area contributed by atoms with Gasteiger partial charge >= 0.3 is 12.1 Å². The van der Waals surface area contributed by atoms with E-state index in [1.165, 1.54) is 81.8 Å². The number of urea groups is 2. The maximum Gasteiger partial charge on any atom is 0.331 e. The minimum Gasteiger partial charge on any atom is -0.371 e. The van der Waals surface area contributed by atoms with Gasteiger partial charge in [0.05, 0.1) is 12.2 Å². The lowest BCUT2D eigenvalue weighted by molar-refractivity contribution is -0.154. The Morgan fingerprint density at radius 3 is 1.44 bits per heavy atom. The van der Waals surface area contributed by atoms with Crippen molar-refractivity contribution >= 4 is 65.2 Å². The Labute approximate surface area is 458 Å². The highest BCUT2D eigenvalue weighted by atomic mass is 16.5. The zero-order chi connectivity index (χ0) is 59.9. The molecule has 4 N–H and O–H groups in total. The Hall–Kier alpha value is -6.13. The lowest BCUT2D eigenvalue weighted by atomic mass is 9.95. The van der Waals surface area contributed by atoms with Crippen LogP contribution in [0.2, 0.25) is 0 Å². The molecule has 0 aromatic heterocycles. The van der Waals surface area contributed by atoms with E-state index in [9.17, 15) is 52.7 Å². The van der Waals surface area contributed by atoms with Crippen LogP contribution in [0.25, 0.3) is 0 Å². The number of likely N-dealkylation sites (N-methyl/N-ethyl adjacent to an activating group) is 7. The number of rotatable bonds is 13. The number of hydrogen-bond donors (Lipinski definition) is 4. The van der Waals surface area contributed by atoms with E-state index in [0.717, 1.165) is 16.8 Å². The number of nitrogens with one attached hydrogen (secondary N) is 4. The number of imide groups is 2. The van der Waals surface area contributed by atoms with Crippen LogP contribution in [0, 0.1) is 29.6 Å². The average Bonchev–Trinajstić information content (AvgIpc) is 3.33. The first-order valence-electron chi connectivity index (χ1n) is 26.7. The molecule has 0 saturated carbocycles. The summed E-state index contributed by atoms with van der Waals surface area (Å²) in [5.74, 6) is -7.90. The predicted octanol–water partition coefficient (Wildman–Crippen LogP) is 2.67. The highest BCUT2D eigenvalue weighted by Gasteiger charge is 2.43. The minimum atomic E-state index is -1.32. The molecule has 1 heterocycles. The lowest BCUT2D eigenvalue weighted by Crippen LogP contribution is -2.61. The second kappa shape index (κ2) is 30.1. The molecule has 1 unspecified atom stereocenters. The largest absolute Gasteiger partial charge is 0.371 e. The van der Waals surface area contributed by atoms with Gasteiger partial charge in [-0.1, -0.05) is 75.3 Å². The van der Waals surface area contributed by atoms with Crippen LogP contribution in [0.1, 0.15) is 123 Å². The first-order chi connectivity index (χ1) is 35.3. The van der Waals surface area contributed by atoms with Crippen LogP contribution in [-0.4, -0.2) is 216 Å². The highest BCUT2D eigenvalue weighted by Crippen LogP contribution is 2.24. The maximum atomic E-state index is 14.7. The third-order valence-electron chi connectivity index (χ3n) is 13.8. The van der Waals surface area contributed by atoms with Crippen molar-refractivity contribution in [1.82, 2.24) is 55.6 Å². The molecular formula is C54H95N11O12. The quantitative estimate of drug-likeness (QED) is 0.194. The summed E-state index contributed by atoms with van der Waals surface area (Å²) in [6, 6.07) is -12.0. The molecule has 1 rings (SSSR count). The third-order valence-corrected chi connectivity index (χ3v) is 13.8. The van der Waals surface area contributed by atoms with E-state index in [4.69, 9.17) is 4.74 Å². The second-order valence-corrected chi connectivity index (χ2v) is 23.2. The Kier molecular flexibility index (Phi) is 27.0. The molecule has 0 aliphatic carbocycles. The van der Waals surface area contributed by atoms with Gasteiger partial charge in [-0.05, 0) is 76.5 Å². The molecule has 0 radical (unpaired) electrons. The van der Waals surface area contributed by atoms with E-state index in [-0.39, 0.29) is 50.0 Å². The standard InChI is InChI=1S/C54H95N11O12/c1-23-24-77-54(14,15)28-40-46(69)57-42(33(8)9)50(73)61(18)37(25-30(2)3)45(68)55-35(12)44(67)56-36(13)47(70)62(19)38(26-31(4)5)48(71)63(20)39(27-32(6)7)49(72)64(21)43(34(10)11)51(74)65(22)53(76)58-52(75)59(16)29-41(66)60(40)17/h23,30-40,42-43H,1,24-29H2,2-22H3,(H,55,68)(H,56,67)(H,57,69)(H,58,75,76)/t35-,36?,37-,38+,39+,40+,42-,43+/m1/s1. The Bertz CT molecular complexity index is 2130. The summed E-state index contributed by atoms with van der Waals surface area (Å²) in [6.07, 6.45) is 1.86. The van der Waals surface area contributed by atoms with Gasteiger partial charge in [0.1, 0.15) is 54.9 Å².